The maximum atomic E-state index is 3.93. The van der Waals surface area contributed by atoms with Gasteiger partial charge in [-0.3, -0.25) is 0 Å². The predicted molar refractivity (Wildman–Crippen MR) is 131 cm³/mol. The summed E-state index contributed by atoms with van der Waals surface area (Å²) in [6.07, 6.45) is 32.2. The first-order valence-corrected chi connectivity index (χ1v) is 12.9. The van der Waals surface area contributed by atoms with Gasteiger partial charge in [-0.1, -0.05) is 149 Å². The molecule has 166 valence electrons. The van der Waals surface area contributed by atoms with Gasteiger partial charge in [0.05, 0.1) is 0 Å². The number of allylic oxidation sites excluding steroid dienone is 2. The number of hydrogen-bond donors (Lipinski definition) is 0. The van der Waals surface area contributed by atoms with E-state index in [-0.39, 0.29) is 0 Å². The van der Waals surface area contributed by atoms with Crippen LogP contribution in [0.4, 0.5) is 0 Å². The molecular weight excluding hydrogens is 336 g/mol. The fraction of sp³-hybridized carbons (Fsp3) is 0.857. The molecule has 2 atom stereocenters. The number of hydrogen-bond acceptors (Lipinski definition) is 0. The normalized spacial score (nSPS) is 14.0. The van der Waals surface area contributed by atoms with Crippen LogP contribution in [0, 0.1) is 25.7 Å². The Balaban J connectivity index is 3.32. The minimum absolute atomic E-state index is 0.867. The van der Waals surface area contributed by atoms with Crippen LogP contribution in [0.15, 0.2) is 12.2 Å². The molecule has 2 radical (unpaired) electrons. The van der Waals surface area contributed by atoms with E-state index in [1.54, 1.807) is 0 Å². The second kappa shape index (κ2) is 23.0. The zero-order valence-corrected chi connectivity index (χ0v) is 19.9. The molecule has 0 nitrogen and oxygen atoms in total. The lowest BCUT2D eigenvalue weighted by Crippen LogP contribution is -1.95. The van der Waals surface area contributed by atoms with Crippen LogP contribution in [0.1, 0.15) is 142 Å². The smallest absolute Gasteiger partial charge is 0.0325 e. The minimum Gasteiger partial charge on any atom is -0.0885 e. The highest BCUT2D eigenvalue weighted by Crippen LogP contribution is 2.18. The van der Waals surface area contributed by atoms with Crippen LogP contribution in [-0.4, -0.2) is 0 Å². The fourth-order valence-corrected chi connectivity index (χ4v) is 4.04. The van der Waals surface area contributed by atoms with Crippen molar-refractivity contribution in [3.8, 4) is 0 Å². The summed E-state index contributed by atoms with van der Waals surface area (Å²) in [5.74, 6) is 1.80. The van der Waals surface area contributed by atoms with E-state index >= 15 is 0 Å². The Morgan fingerprint density at radius 2 is 0.929 bits per heavy atom. The van der Waals surface area contributed by atoms with Gasteiger partial charge in [-0.2, -0.15) is 0 Å². The van der Waals surface area contributed by atoms with Gasteiger partial charge in [0, 0.05) is 0 Å². The Kier molecular flexibility index (Phi) is 22.8. The molecule has 0 aliphatic carbocycles. The molecule has 0 aromatic carbocycles. The third-order valence-electron chi connectivity index (χ3n) is 6.17. The second-order valence-corrected chi connectivity index (χ2v) is 9.38. The van der Waals surface area contributed by atoms with E-state index in [9.17, 15) is 0 Å². The van der Waals surface area contributed by atoms with E-state index in [1.165, 1.54) is 116 Å². The molecule has 2 unspecified atom stereocenters. The van der Waals surface area contributed by atoms with Crippen molar-refractivity contribution >= 4 is 0 Å². The molecule has 0 spiro atoms. The molecular formula is C28H54. The van der Waals surface area contributed by atoms with Crippen molar-refractivity contribution in [2.45, 2.75) is 142 Å². The van der Waals surface area contributed by atoms with E-state index in [0.717, 1.165) is 24.7 Å². The number of unbranched alkanes of at least 4 members (excludes halogenated alkanes) is 13. The van der Waals surface area contributed by atoms with Crippen molar-refractivity contribution in [1.82, 2.24) is 0 Å². The first kappa shape index (κ1) is 27.7. The van der Waals surface area contributed by atoms with Crippen molar-refractivity contribution in [2.75, 3.05) is 0 Å². The molecule has 0 bridgehead atoms. The molecule has 0 amide bonds. The molecule has 0 saturated carbocycles. The van der Waals surface area contributed by atoms with Crippen LogP contribution >= 0.6 is 0 Å². The largest absolute Gasteiger partial charge is 0.0885 e. The topological polar surface area (TPSA) is 0 Å². The van der Waals surface area contributed by atoms with Gasteiger partial charge in [-0.05, 0) is 31.1 Å². The first-order chi connectivity index (χ1) is 13.7. The second-order valence-electron chi connectivity index (χ2n) is 9.38. The Morgan fingerprint density at radius 1 is 0.500 bits per heavy atom. The highest BCUT2D eigenvalue weighted by Gasteiger charge is 2.02. The summed E-state index contributed by atoms with van der Waals surface area (Å²) in [5.41, 5.74) is 0. The average Bonchev–Trinajstić information content (AvgIpc) is 2.69. The van der Waals surface area contributed by atoms with Crippen LogP contribution in [0.2, 0.25) is 0 Å². The highest BCUT2D eigenvalue weighted by atomic mass is 14.1. The Bertz CT molecular complexity index is 303. The summed E-state index contributed by atoms with van der Waals surface area (Å²) in [6.45, 7) is 12.7. The molecule has 0 aliphatic rings. The standard InChI is InChI=1S/C28H54/c1-5-7-9-11-13-16-20-25-28(4)26-22-18-15-12-14-17-21-24-27(3)23-19-10-8-6-2/h18,22,27-28H,1-2,5-17,19-21,23-26H2,3-4H3. The Morgan fingerprint density at radius 3 is 1.50 bits per heavy atom. The molecule has 0 saturated heterocycles. The molecule has 0 fully saturated rings. The summed E-state index contributed by atoms with van der Waals surface area (Å²) in [4.78, 5) is 0. The lowest BCUT2D eigenvalue weighted by molar-refractivity contribution is 0.436. The Labute approximate surface area is 180 Å². The maximum absolute atomic E-state index is 3.93. The summed E-state index contributed by atoms with van der Waals surface area (Å²) < 4.78 is 0. The van der Waals surface area contributed by atoms with Crippen molar-refractivity contribution in [3.05, 3.63) is 26.0 Å². The third-order valence-corrected chi connectivity index (χ3v) is 6.17. The lowest BCUT2D eigenvalue weighted by Gasteiger charge is -2.10. The van der Waals surface area contributed by atoms with Gasteiger partial charge in [-0.25, -0.2) is 0 Å². The van der Waals surface area contributed by atoms with Gasteiger partial charge in [0.15, 0.2) is 0 Å². The van der Waals surface area contributed by atoms with E-state index in [0.29, 0.717) is 0 Å². The van der Waals surface area contributed by atoms with Gasteiger partial charge in [0.25, 0.3) is 0 Å². The number of rotatable bonds is 22. The Hall–Kier alpha value is -0.260. The van der Waals surface area contributed by atoms with Crippen LogP contribution < -0.4 is 0 Å². The summed E-state index contributed by atoms with van der Waals surface area (Å²) >= 11 is 0. The van der Waals surface area contributed by atoms with Crippen LogP contribution in [0.5, 0.6) is 0 Å². The molecule has 0 aromatic rings. The zero-order valence-electron chi connectivity index (χ0n) is 19.9. The molecule has 0 aromatic heterocycles. The van der Waals surface area contributed by atoms with Crippen molar-refractivity contribution in [1.29, 1.82) is 0 Å². The van der Waals surface area contributed by atoms with Crippen LogP contribution in [0.3, 0.4) is 0 Å². The molecule has 0 rings (SSSR count). The monoisotopic (exact) mass is 390 g/mol. The van der Waals surface area contributed by atoms with Gasteiger partial charge < -0.3 is 0 Å². The minimum atomic E-state index is 0.867. The van der Waals surface area contributed by atoms with E-state index < -0.39 is 0 Å². The van der Waals surface area contributed by atoms with Gasteiger partial charge in [0.1, 0.15) is 0 Å². The average molecular weight is 391 g/mol. The fourth-order valence-electron chi connectivity index (χ4n) is 4.04. The first-order valence-electron chi connectivity index (χ1n) is 12.9. The molecule has 0 heterocycles. The molecule has 0 heteroatoms. The zero-order chi connectivity index (χ0) is 20.7. The summed E-state index contributed by atoms with van der Waals surface area (Å²) in [7, 11) is 0. The summed E-state index contributed by atoms with van der Waals surface area (Å²) in [6, 6.07) is 0. The highest BCUT2D eigenvalue weighted by molar-refractivity contribution is 4.83. The van der Waals surface area contributed by atoms with E-state index in [4.69, 9.17) is 0 Å². The quantitative estimate of drug-likeness (QED) is 0.127. The van der Waals surface area contributed by atoms with E-state index in [1.807, 2.05) is 0 Å². The van der Waals surface area contributed by atoms with Gasteiger partial charge >= 0.3 is 0 Å². The van der Waals surface area contributed by atoms with Gasteiger partial charge in [0.2, 0.25) is 0 Å². The third kappa shape index (κ3) is 22.0. The molecule has 28 heavy (non-hydrogen) atoms. The van der Waals surface area contributed by atoms with Crippen LogP contribution in [-0.2, 0) is 0 Å². The SMILES string of the molecule is [CH2]CCCCCCCCC(C)CC=CCCCCCCC(C)CCCCC[CH2]. The summed E-state index contributed by atoms with van der Waals surface area (Å²) in [5, 5.41) is 0. The van der Waals surface area contributed by atoms with Crippen molar-refractivity contribution in [2.24, 2.45) is 11.8 Å². The van der Waals surface area contributed by atoms with Crippen molar-refractivity contribution in [3.63, 3.8) is 0 Å². The molecule has 0 aliphatic heterocycles. The van der Waals surface area contributed by atoms with Gasteiger partial charge in [-0.15, -0.1) is 0 Å². The van der Waals surface area contributed by atoms with Crippen LogP contribution in [0.25, 0.3) is 0 Å². The molecule has 0 N–H and O–H groups in total. The maximum Gasteiger partial charge on any atom is -0.0325 e. The van der Waals surface area contributed by atoms with Crippen molar-refractivity contribution < 1.29 is 0 Å². The predicted octanol–water partition coefficient (Wildman–Crippen LogP) is 10.3. The lowest BCUT2D eigenvalue weighted by atomic mass is 9.96. The van der Waals surface area contributed by atoms with E-state index in [2.05, 4.69) is 39.8 Å².